The molecule has 0 spiro atoms. The van der Waals surface area contributed by atoms with E-state index >= 15 is 0 Å². The minimum absolute atomic E-state index is 0.0897. The fraction of sp³-hybridized carbons (Fsp3) is 0.533. The van der Waals surface area contributed by atoms with Gasteiger partial charge in [0.1, 0.15) is 5.75 Å². The summed E-state index contributed by atoms with van der Waals surface area (Å²) in [5, 5.41) is 0. The molecule has 0 bridgehead atoms. The Morgan fingerprint density at radius 1 is 1.47 bits per heavy atom. The van der Waals surface area contributed by atoms with Crippen molar-refractivity contribution < 1.29 is 9.53 Å². The molecule has 2 heterocycles. The predicted molar refractivity (Wildman–Crippen MR) is 73.4 cm³/mol. The SMILES string of the molecule is CCCC1(N)CN(C(=O)c2ccc3c(c2)CCO3)C1. The maximum absolute atomic E-state index is 12.3. The van der Waals surface area contributed by atoms with Crippen LogP contribution in [0.25, 0.3) is 0 Å². The number of nitrogens with two attached hydrogens (primary N) is 1. The normalized spacial score (nSPS) is 19.6. The van der Waals surface area contributed by atoms with Gasteiger partial charge in [-0.1, -0.05) is 13.3 Å². The second kappa shape index (κ2) is 4.53. The number of likely N-dealkylation sites (tertiary alicyclic amines) is 1. The summed E-state index contributed by atoms with van der Waals surface area (Å²) in [4.78, 5) is 14.2. The highest BCUT2D eigenvalue weighted by molar-refractivity contribution is 5.95. The predicted octanol–water partition coefficient (Wildman–Crippen LogP) is 1.57. The Morgan fingerprint density at radius 2 is 2.26 bits per heavy atom. The highest BCUT2D eigenvalue weighted by Crippen LogP contribution is 2.29. The Bertz CT molecular complexity index is 507. The molecule has 0 radical (unpaired) electrons. The molecular formula is C15H20N2O2. The molecule has 1 saturated heterocycles. The molecule has 4 heteroatoms. The van der Waals surface area contributed by atoms with Gasteiger partial charge in [0.25, 0.3) is 5.91 Å². The number of amides is 1. The second-order valence-corrected chi connectivity index (χ2v) is 5.69. The zero-order valence-electron chi connectivity index (χ0n) is 11.3. The van der Waals surface area contributed by atoms with E-state index < -0.39 is 0 Å². The minimum Gasteiger partial charge on any atom is -0.493 e. The minimum atomic E-state index is -0.162. The van der Waals surface area contributed by atoms with Crippen molar-refractivity contribution in [1.29, 1.82) is 0 Å². The first-order chi connectivity index (χ1) is 9.11. The van der Waals surface area contributed by atoms with Crippen LogP contribution >= 0.6 is 0 Å². The molecule has 0 aromatic heterocycles. The van der Waals surface area contributed by atoms with Crippen LogP contribution in [-0.2, 0) is 6.42 Å². The first-order valence-electron chi connectivity index (χ1n) is 6.95. The number of nitrogens with zero attached hydrogens (tertiary/aromatic N) is 1. The average Bonchev–Trinajstić information content (AvgIpc) is 2.82. The van der Waals surface area contributed by atoms with Crippen LogP contribution in [0.15, 0.2) is 18.2 Å². The van der Waals surface area contributed by atoms with Crippen LogP contribution in [0.5, 0.6) is 5.75 Å². The molecule has 0 aliphatic carbocycles. The molecule has 1 amide bonds. The van der Waals surface area contributed by atoms with Crippen LogP contribution in [0.1, 0.15) is 35.7 Å². The van der Waals surface area contributed by atoms with Crippen molar-refractivity contribution in [3.8, 4) is 5.75 Å². The Balaban J connectivity index is 1.69. The smallest absolute Gasteiger partial charge is 0.253 e. The lowest BCUT2D eigenvalue weighted by atomic mass is 9.86. The quantitative estimate of drug-likeness (QED) is 0.897. The molecule has 19 heavy (non-hydrogen) atoms. The van der Waals surface area contributed by atoms with Gasteiger partial charge in [-0.15, -0.1) is 0 Å². The standard InChI is InChI=1S/C15H20N2O2/c1-2-6-15(16)9-17(10-15)14(18)12-3-4-13-11(8-12)5-7-19-13/h3-4,8H,2,5-7,9-10,16H2,1H3. The number of hydrogen-bond acceptors (Lipinski definition) is 3. The molecule has 0 atom stereocenters. The average molecular weight is 260 g/mol. The molecule has 2 aliphatic rings. The van der Waals surface area contributed by atoms with Gasteiger partial charge in [-0.2, -0.15) is 0 Å². The fourth-order valence-electron chi connectivity index (χ4n) is 3.02. The number of benzene rings is 1. The lowest BCUT2D eigenvalue weighted by Gasteiger charge is -2.47. The molecule has 1 aromatic carbocycles. The van der Waals surface area contributed by atoms with E-state index in [-0.39, 0.29) is 11.4 Å². The Hall–Kier alpha value is -1.55. The third kappa shape index (κ3) is 2.21. The maximum Gasteiger partial charge on any atom is 0.253 e. The molecule has 0 saturated carbocycles. The van der Waals surface area contributed by atoms with Crippen molar-refractivity contribution >= 4 is 5.91 Å². The first kappa shape index (κ1) is 12.5. The molecule has 2 N–H and O–H groups in total. The molecule has 0 unspecified atom stereocenters. The van der Waals surface area contributed by atoms with Crippen LogP contribution in [0.4, 0.5) is 0 Å². The number of fused-ring (bicyclic) bond motifs is 1. The summed E-state index contributed by atoms with van der Waals surface area (Å²) < 4.78 is 5.45. The van der Waals surface area contributed by atoms with Crippen molar-refractivity contribution in [3.63, 3.8) is 0 Å². The van der Waals surface area contributed by atoms with Crippen LogP contribution < -0.4 is 10.5 Å². The van der Waals surface area contributed by atoms with Crippen molar-refractivity contribution in [3.05, 3.63) is 29.3 Å². The monoisotopic (exact) mass is 260 g/mol. The second-order valence-electron chi connectivity index (χ2n) is 5.69. The van der Waals surface area contributed by atoms with Gasteiger partial charge in [-0.3, -0.25) is 4.79 Å². The number of rotatable bonds is 3. The molecule has 1 aromatic rings. The third-order valence-electron chi connectivity index (χ3n) is 3.98. The highest BCUT2D eigenvalue weighted by Gasteiger charge is 2.41. The summed E-state index contributed by atoms with van der Waals surface area (Å²) >= 11 is 0. The summed E-state index contributed by atoms with van der Waals surface area (Å²) in [5.41, 5.74) is 7.92. The van der Waals surface area contributed by atoms with E-state index in [1.54, 1.807) is 0 Å². The van der Waals surface area contributed by atoms with Crippen LogP contribution in [-0.4, -0.2) is 36.0 Å². The zero-order chi connectivity index (χ0) is 13.5. The Labute approximate surface area is 113 Å². The van der Waals surface area contributed by atoms with E-state index in [4.69, 9.17) is 10.5 Å². The van der Waals surface area contributed by atoms with Crippen molar-refractivity contribution in [1.82, 2.24) is 4.90 Å². The van der Waals surface area contributed by atoms with Crippen molar-refractivity contribution in [2.24, 2.45) is 5.73 Å². The Morgan fingerprint density at radius 3 is 3.00 bits per heavy atom. The lowest BCUT2D eigenvalue weighted by Crippen LogP contribution is -2.68. The van der Waals surface area contributed by atoms with E-state index in [9.17, 15) is 4.79 Å². The molecule has 3 rings (SSSR count). The van der Waals surface area contributed by atoms with Gasteiger partial charge in [0.15, 0.2) is 0 Å². The summed E-state index contributed by atoms with van der Waals surface area (Å²) in [6.45, 7) is 4.19. The number of carbonyl (C=O) groups is 1. The topological polar surface area (TPSA) is 55.6 Å². The largest absolute Gasteiger partial charge is 0.493 e. The maximum atomic E-state index is 12.3. The van der Waals surface area contributed by atoms with Gasteiger partial charge in [0.2, 0.25) is 0 Å². The molecule has 102 valence electrons. The van der Waals surface area contributed by atoms with Gasteiger partial charge in [-0.25, -0.2) is 0 Å². The van der Waals surface area contributed by atoms with Gasteiger partial charge in [0.05, 0.1) is 12.1 Å². The van der Waals surface area contributed by atoms with E-state index in [0.717, 1.165) is 42.7 Å². The number of hydrogen-bond donors (Lipinski definition) is 1. The van der Waals surface area contributed by atoms with E-state index in [2.05, 4.69) is 6.92 Å². The number of ether oxygens (including phenoxy) is 1. The molecule has 4 nitrogen and oxygen atoms in total. The fourth-order valence-corrected chi connectivity index (χ4v) is 3.02. The van der Waals surface area contributed by atoms with Crippen LogP contribution in [0.3, 0.4) is 0 Å². The highest BCUT2D eigenvalue weighted by atomic mass is 16.5. The summed E-state index contributed by atoms with van der Waals surface area (Å²) in [5.74, 6) is 1.01. The van der Waals surface area contributed by atoms with Crippen LogP contribution in [0.2, 0.25) is 0 Å². The summed E-state index contributed by atoms with van der Waals surface area (Å²) in [6, 6.07) is 5.71. The molecule has 1 fully saturated rings. The summed E-state index contributed by atoms with van der Waals surface area (Å²) in [6.07, 6.45) is 2.94. The first-order valence-corrected chi connectivity index (χ1v) is 6.95. The van der Waals surface area contributed by atoms with Gasteiger partial charge < -0.3 is 15.4 Å². The lowest BCUT2D eigenvalue weighted by molar-refractivity contribution is 0.0386. The van der Waals surface area contributed by atoms with E-state index in [0.29, 0.717) is 13.1 Å². The van der Waals surface area contributed by atoms with Crippen molar-refractivity contribution in [2.75, 3.05) is 19.7 Å². The number of carbonyl (C=O) groups excluding carboxylic acids is 1. The Kier molecular flexibility index (Phi) is 2.97. The van der Waals surface area contributed by atoms with Gasteiger partial charge in [-0.05, 0) is 30.2 Å². The third-order valence-corrected chi connectivity index (χ3v) is 3.98. The van der Waals surface area contributed by atoms with Gasteiger partial charge in [0, 0.05) is 25.1 Å². The molecular weight excluding hydrogens is 240 g/mol. The van der Waals surface area contributed by atoms with Crippen LogP contribution in [0, 0.1) is 0 Å². The van der Waals surface area contributed by atoms with Gasteiger partial charge >= 0.3 is 0 Å². The molecule has 2 aliphatic heterocycles. The summed E-state index contributed by atoms with van der Waals surface area (Å²) in [7, 11) is 0. The van der Waals surface area contributed by atoms with E-state index in [1.807, 2.05) is 23.1 Å². The van der Waals surface area contributed by atoms with E-state index in [1.165, 1.54) is 0 Å². The zero-order valence-corrected chi connectivity index (χ0v) is 11.3. The van der Waals surface area contributed by atoms with Crippen molar-refractivity contribution in [2.45, 2.75) is 31.7 Å².